The fourth-order valence-corrected chi connectivity index (χ4v) is 2.56. The van der Waals surface area contributed by atoms with E-state index in [2.05, 4.69) is 50.9 Å². The van der Waals surface area contributed by atoms with Crippen LogP contribution in [0.4, 0.5) is 11.4 Å². The lowest BCUT2D eigenvalue weighted by molar-refractivity contribution is 0.461. The minimum Gasteiger partial charge on any atom is -0.505 e. The van der Waals surface area contributed by atoms with Crippen molar-refractivity contribution in [1.29, 1.82) is 0 Å². The number of rotatable bonds is 4. The van der Waals surface area contributed by atoms with E-state index in [1.54, 1.807) is 12.1 Å². The van der Waals surface area contributed by atoms with E-state index >= 15 is 0 Å². The third-order valence-corrected chi connectivity index (χ3v) is 4.57. The molecule has 0 heterocycles. The number of phenols is 1. The van der Waals surface area contributed by atoms with Crippen LogP contribution in [0, 0.1) is 0 Å². The van der Waals surface area contributed by atoms with Crippen molar-refractivity contribution in [3.05, 3.63) is 52.5 Å². The summed E-state index contributed by atoms with van der Waals surface area (Å²) in [5, 5.41) is 19.7. The zero-order valence-electron chi connectivity index (χ0n) is 15.0. The molecule has 0 spiro atoms. The van der Waals surface area contributed by atoms with Crippen LogP contribution in [0.2, 0.25) is 5.02 Å². The summed E-state index contributed by atoms with van der Waals surface area (Å²) in [4.78, 5) is 0. The van der Waals surface area contributed by atoms with Crippen LogP contribution in [0.5, 0.6) is 5.75 Å². The molecule has 0 fully saturated rings. The zero-order valence-corrected chi connectivity index (χ0v) is 15.7. The molecule has 24 heavy (non-hydrogen) atoms. The monoisotopic (exact) mass is 344 g/mol. The highest BCUT2D eigenvalue weighted by Gasteiger charge is 2.21. The Bertz CT molecular complexity index is 748. The van der Waals surface area contributed by atoms with Crippen LogP contribution >= 0.6 is 11.6 Å². The molecule has 0 aliphatic carbocycles. The highest BCUT2D eigenvalue weighted by molar-refractivity contribution is 6.32. The molecule has 4 heteroatoms. The van der Waals surface area contributed by atoms with E-state index in [-0.39, 0.29) is 17.1 Å². The van der Waals surface area contributed by atoms with E-state index in [0.29, 0.717) is 16.4 Å². The number of halogens is 1. The topological polar surface area (TPSA) is 45.0 Å². The van der Waals surface area contributed by atoms with Gasteiger partial charge in [0.15, 0.2) is 0 Å². The number of hydrogen-bond donors (Lipinski definition) is 1. The van der Waals surface area contributed by atoms with Crippen molar-refractivity contribution < 1.29 is 5.11 Å². The summed E-state index contributed by atoms with van der Waals surface area (Å²) in [6, 6.07) is 11.3. The minimum absolute atomic E-state index is 0.0371. The first kappa shape index (κ1) is 18.5. The molecule has 2 aromatic carbocycles. The Balaban J connectivity index is 2.54. The highest BCUT2D eigenvalue weighted by atomic mass is 35.5. The van der Waals surface area contributed by atoms with Crippen LogP contribution in [-0.4, -0.2) is 5.11 Å². The van der Waals surface area contributed by atoms with Gasteiger partial charge in [0, 0.05) is 0 Å². The first-order valence-electron chi connectivity index (χ1n) is 8.27. The van der Waals surface area contributed by atoms with Crippen molar-refractivity contribution in [2.24, 2.45) is 10.2 Å². The molecule has 0 saturated carbocycles. The molecule has 1 N–H and O–H groups in total. The zero-order chi connectivity index (χ0) is 17.9. The maximum Gasteiger partial charge on any atom is 0.146 e. The van der Waals surface area contributed by atoms with Gasteiger partial charge in [0.2, 0.25) is 0 Å². The fourth-order valence-electron chi connectivity index (χ4n) is 2.39. The van der Waals surface area contributed by atoms with E-state index in [1.165, 1.54) is 0 Å². The van der Waals surface area contributed by atoms with Gasteiger partial charge in [0.05, 0.1) is 5.02 Å². The standard InChI is InChI=1S/C20H25ClN2O/c1-6-13(2)15-11-14(20(3,4)5)12-18(19(15)24)23-22-17-10-8-7-9-16(17)21/h7-13,24H,6H2,1-5H3/b23-22+. The van der Waals surface area contributed by atoms with Gasteiger partial charge >= 0.3 is 0 Å². The summed E-state index contributed by atoms with van der Waals surface area (Å²) in [7, 11) is 0. The first-order chi connectivity index (χ1) is 11.2. The van der Waals surface area contributed by atoms with E-state index in [0.717, 1.165) is 17.5 Å². The van der Waals surface area contributed by atoms with E-state index in [9.17, 15) is 5.11 Å². The first-order valence-corrected chi connectivity index (χ1v) is 8.65. The van der Waals surface area contributed by atoms with E-state index < -0.39 is 0 Å². The van der Waals surface area contributed by atoms with Crippen LogP contribution in [0.15, 0.2) is 46.6 Å². The Hall–Kier alpha value is -1.87. The van der Waals surface area contributed by atoms with Crippen LogP contribution in [-0.2, 0) is 5.41 Å². The van der Waals surface area contributed by atoms with Crippen molar-refractivity contribution in [2.45, 2.75) is 52.4 Å². The molecular weight excluding hydrogens is 320 g/mol. The quantitative estimate of drug-likeness (QED) is 0.582. The largest absolute Gasteiger partial charge is 0.505 e. The Kier molecular flexibility index (Phi) is 5.66. The van der Waals surface area contributed by atoms with Crippen molar-refractivity contribution in [3.63, 3.8) is 0 Å². The summed E-state index contributed by atoms with van der Waals surface area (Å²) >= 11 is 6.12. The number of nitrogens with zero attached hydrogens (tertiary/aromatic N) is 2. The molecule has 0 aromatic heterocycles. The predicted molar refractivity (Wildman–Crippen MR) is 101 cm³/mol. The molecular formula is C20H25ClN2O. The van der Waals surface area contributed by atoms with Crippen molar-refractivity contribution in [1.82, 2.24) is 0 Å². The van der Waals surface area contributed by atoms with Crippen molar-refractivity contribution in [3.8, 4) is 5.75 Å². The van der Waals surface area contributed by atoms with Gasteiger partial charge in [-0.3, -0.25) is 0 Å². The molecule has 2 aromatic rings. The number of benzene rings is 2. The summed E-state index contributed by atoms with van der Waals surface area (Å²) in [6.07, 6.45) is 0.947. The number of hydrogen-bond acceptors (Lipinski definition) is 3. The van der Waals surface area contributed by atoms with Crippen LogP contribution in [0.1, 0.15) is 58.1 Å². The van der Waals surface area contributed by atoms with E-state index in [1.807, 2.05) is 18.2 Å². The van der Waals surface area contributed by atoms with Crippen LogP contribution in [0.25, 0.3) is 0 Å². The molecule has 0 radical (unpaired) electrons. The molecule has 0 aliphatic heterocycles. The molecule has 0 saturated heterocycles. The second-order valence-corrected chi connectivity index (χ2v) is 7.55. The third kappa shape index (κ3) is 4.15. The average Bonchev–Trinajstić information content (AvgIpc) is 2.53. The number of aromatic hydroxyl groups is 1. The molecule has 1 atom stereocenters. The van der Waals surface area contributed by atoms with E-state index in [4.69, 9.17) is 11.6 Å². The van der Waals surface area contributed by atoms with Crippen LogP contribution < -0.4 is 0 Å². The second-order valence-electron chi connectivity index (χ2n) is 7.14. The SMILES string of the molecule is CCC(C)c1cc(C(C)(C)C)cc(/N=N/c2ccccc2Cl)c1O. The lowest BCUT2D eigenvalue weighted by Gasteiger charge is -2.23. The van der Waals surface area contributed by atoms with Crippen LogP contribution in [0.3, 0.4) is 0 Å². The summed E-state index contributed by atoms with van der Waals surface area (Å²) in [6.45, 7) is 10.7. The predicted octanol–water partition coefficient (Wildman–Crippen LogP) is 7.27. The lowest BCUT2D eigenvalue weighted by atomic mass is 9.83. The number of phenolic OH excluding ortho intramolecular Hbond substituents is 1. The lowest BCUT2D eigenvalue weighted by Crippen LogP contribution is -2.11. The molecule has 128 valence electrons. The average molecular weight is 345 g/mol. The Labute approximate surface area is 149 Å². The molecule has 0 bridgehead atoms. The smallest absolute Gasteiger partial charge is 0.146 e. The van der Waals surface area contributed by atoms with Gasteiger partial charge in [0.1, 0.15) is 17.1 Å². The maximum atomic E-state index is 10.6. The van der Waals surface area contributed by atoms with Gasteiger partial charge in [-0.1, -0.05) is 64.4 Å². The Morgan fingerprint density at radius 1 is 1.08 bits per heavy atom. The van der Waals surface area contributed by atoms with Gasteiger partial charge in [-0.05, 0) is 47.1 Å². The molecule has 1 unspecified atom stereocenters. The van der Waals surface area contributed by atoms with Crippen molar-refractivity contribution >= 4 is 23.0 Å². The fraction of sp³-hybridized carbons (Fsp3) is 0.400. The Morgan fingerprint density at radius 3 is 2.29 bits per heavy atom. The van der Waals surface area contributed by atoms with Gasteiger partial charge < -0.3 is 5.11 Å². The number of azo groups is 1. The third-order valence-electron chi connectivity index (χ3n) is 4.25. The normalized spacial score (nSPS) is 13.4. The molecule has 0 aliphatic rings. The molecule has 0 amide bonds. The van der Waals surface area contributed by atoms with Crippen molar-refractivity contribution in [2.75, 3.05) is 0 Å². The minimum atomic E-state index is -0.0371. The second kappa shape index (κ2) is 7.35. The molecule has 2 rings (SSSR count). The Morgan fingerprint density at radius 2 is 1.71 bits per heavy atom. The summed E-state index contributed by atoms with van der Waals surface area (Å²) in [5.41, 5.74) is 3.08. The highest BCUT2D eigenvalue weighted by Crippen LogP contribution is 2.41. The summed E-state index contributed by atoms with van der Waals surface area (Å²) < 4.78 is 0. The maximum absolute atomic E-state index is 10.6. The van der Waals surface area contributed by atoms with Gasteiger partial charge in [-0.15, -0.1) is 10.2 Å². The van der Waals surface area contributed by atoms with Gasteiger partial charge in [-0.25, -0.2) is 0 Å². The van der Waals surface area contributed by atoms with Gasteiger partial charge in [-0.2, -0.15) is 0 Å². The molecule has 3 nitrogen and oxygen atoms in total. The summed E-state index contributed by atoms with van der Waals surface area (Å²) in [5.74, 6) is 0.453. The van der Waals surface area contributed by atoms with Gasteiger partial charge in [0.25, 0.3) is 0 Å².